The Morgan fingerprint density at radius 1 is 1.00 bits per heavy atom. The fourth-order valence-electron chi connectivity index (χ4n) is 4.55. The minimum Gasteiger partial charge on any atom is -0.497 e. The number of hydrogen-bond donors (Lipinski definition) is 2. The zero-order valence-corrected chi connectivity index (χ0v) is 21.3. The van der Waals surface area contributed by atoms with E-state index >= 15 is 0 Å². The van der Waals surface area contributed by atoms with Crippen LogP contribution in [0.1, 0.15) is 25.3 Å². The second kappa shape index (κ2) is 11.1. The smallest absolute Gasteiger partial charge is 0.243 e. The Balaban J connectivity index is 1.39. The third-order valence-corrected chi connectivity index (χ3v) is 8.42. The molecule has 1 heterocycles. The molecule has 8 nitrogen and oxygen atoms in total. The van der Waals surface area contributed by atoms with Crippen LogP contribution in [0.3, 0.4) is 0 Å². The lowest BCUT2D eigenvalue weighted by atomic mass is 10.0. The van der Waals surface area contributed by atoms with Crippen molar-refractivity contribution in [1.82, 2.24) is 14.9 Å². The second-order valence-electron chi connectivity index (χ2n) is 8.97. The predicted molar refractivity (Wildman–Crippen MR) is 138 cm³/mol. The molecule has 0 unspecified atom stereocenters. The molecule has 1 aliphatic rings. The molecule has 1 atom stereocenters. The largest absolute Gasteiger partial charge is 0.497 e. The first kappa shape index (κ1) is 25.7. The molecule has 9 heteroatoms. The molecule has 1 saturated heterocycles. The van der Waals surface area contributed by atoms with Gasteiger partial charge in [0.25, 0.3) is 0 Å². The molecule has 0 bridgehead atoms. The molecule has 3 aromatic carbocycles. The fourth-order valence-corrected chi connectivity index (χ4v) is 6.24. The van der Waals surface area contributed by atoms with Crippen LogP contribution in [0.4, 0.5) is 0 Å². The zero-order chi connectivity index (χ0) is 25.7. The summed E-state index contributed by atoms with van der Waals surface area (Å²) in [4.78, 5) is 25.1. The number of methoxy groups -OCH3 is 1. The van der Waals surface area contributed by atoms with E-state index in [1.165, 1.54) is 11.2 Å². The van der Waals surface area contributed by atoms with Gasteiger partial charge in [-0.1, -0.05) is 48.5 Å². The Hall–Kier alpha value is -3.43. The van der Waals surface area contributed by atoms with Crippen LogP contribution < -0.4 is 15.4 Å². The molecule has 0 aliphatic carbocycles. The van der Waals surface area contributed by atoms with Gasteiger partial charge in [0.15, 0.2) is 0 Å². The fraction of sp³-hybridized carbons (Fsp3) is 0.333. The van der Waals surface area contributed by atoms with Gasteiger partial charge >= 0.3 is 0 Å². The molecule has 3 aromatic rings. The first-order valence-corrected chi connectivity index (χ1v) is 13.4. The topological polar surface area (TPSA) is 105 Å². The highest BCUT2D eigenvalue weighted by Gasteiger charge is 2.32. The Labute approximate surface area is 211 Å². The highest BCUT2D eigenvalue weighted by molar-refractivity contribution is 7.89. The molecule has 1 aliphatic heterocycles. The molecule has 2 amide bonds. The molecule has 4 rings (SSSR count). The highest BCUT2D eigenvalue weighted by atomic mass is 32.2. The molecule has 36 heavy (non-hydrogen) atoms. The van der Waals surface area contributed by atoms with Gasteiger partial charge in [-0.05, 0) is 42.0 Å². The normalized spacial score (nSPS) is 15.8. The molecule has 2 N–H and O–H groups in total. The van der Waals surface area contributed by atoms with Crippen molar-refractivity contribution in [3.8, 4) is 5.75 Å². The standard InChI is InChI=1S/C27H31N3O5S/c1-19(31)28-25(18-20-10-12-23(35-2)13-11-20)27(32)29-22-14-16-30(17-15-22)36(33,34)26-9-5-7-21-6-3-4-8-24(21)26/h3-13,22,25H,14-18H2,1-2H3,(H,28,31)(H,29,32)/t25-/m0/s1. The van der Waals surface area contributed by atoms with Crippen LogP contribution in [-0.2, 0) is 26.0 Å². The van der Waals surface area contributed by atoms with Crippen molar-refractivity contribution in [1.29, 1.82) is 0 Å². The monoisotopic (exact) mass is 509 g/mol. The minimum atomic E-state index is -3.67. The van der Waals surface area contributed by atoms with Crippen LogP contribution in [0, 0.1) is 0 Å². The summed E-state index contributed by atoms with van der Waals surface area (Å²) in [6, 6.07) is 19.2. The maximum absolute atomic E-state index is 13.4. The number of piperidine rings is 1. The summed E-state index contributed by atoms with van der Waals surface area (Å²) >= 11 is 0. The number of rotatable bonds is 8. The van der Waals surface area contributed by atoms with Gasteiger partial charge in [-0.2, -0.15) is 4.31 Å². The van der Waals surface area contributed by atoms with E-state index in [1.54, 1.807) is 19.2 Å². The van der Waals surface area contributed by atoms with E-state index in [-0.39, 0.29) is 17.9 Å². The van der Waals surface area contributed by atoms with E-state index in [9.17, 15) is 18.0 Å². The number of nitrogens with zero attached hydrogens (tertiary/aromatic N) is 1. The van der Waals surface area contributed by atoms with E-state index in [4.69, 9.17) is 4.74 Å². The van der Waals surface area contributed by atoms with Crippen LogP contribution in [0.2, 0.25) is 0 Å². The van der Waals surface area contributed by atoms with Crippen LogP contribution in [0.15, 0.2) is 71.6 Å². The van der Waals surface area contributed by atoms with Crippen molar-refractivity contribution in [3.63, 3.8) is 0 Å². The summed E-state index contributed by atoms with van der Waals surface area (Å²) in [6.45, 7) is 1.99. The van der Waals surface area contributed by atoms with Crippen molar-refractivity contribution in [2.75, 3.05) is 20.2 Å². The van der Waals surface area contributed by atoms with Crippen molar-refractivity contribution in [2.24, 2.45) is 0 Å². The zero-order valence-electron chi connectivity index (χ0n) is 20.4. The first-order valence-electron chi connectivity index (χ1n) is 12.0. The van der Waals surface area contributed by atoms with E-state index in [0.29, 0.717) is 48.4 Å². The molecule has 0 radical (unpaired) electrons. The lowest BCUT2D eigenvalue weighted by Crippen LogP contribution is -2.53. The number of sulfonamides is 1. The van der Waals surface area contributed by atoms with Crippen molar-refractivity contribution < 1.29 is 22.7 Å². The van der Waals surface area contributed by atoms with E-state index in [2.05, 4.69) is 10.6 Å². The summed E-state index contributed by atoms with van der Waals surface area (Å²) in [5.74, 6) is 0.139. The van der Waals surface area contributed by atoms with Crippen molar-refractivity contribution in [3.05, 3.63) is 72.3 Å². The average Bonchev–Trinajstić information content (AvgIpc) is 2.88. The summed E-state index contributed by atoms with van der Waals surface area (Å²) in [5, 5.41) is 7.32. The molecular weight excluding hydrogens is 478 g/mol. The van der Waals surface area contributed by atoms with E-state index in [1.807, 2.05) is 54.6 Å². The summed E-state index contributed by atoms with van der Waals surface area (Å²) < 4.78 is 33.4. The minimum absolute atomic E-state index is 0.177. The Morgan fingerprint density at radius 3 is 2.33 bits per heavy atom. The quantitative estimate of drug-likeness (QED) is 0.486. The average molecular weight is 510 g/mol. The van der Waals surface area contributed by atoms with Gasteiger partial charge in [-0.15, -0.1) is 0 Å². The molecule has 0 aromatic heterocycles. The molecule has 190 valence electrons. The second-order valence-corrected chi connectivity index (χ2v) is 10.9. The SMILES string of the molecule is COc1ccc(C[C@H](NC(C)=O)C(=O)NC2CCN(S(=O)(=O)c3cccc4ccccc34)CC2)cc1. The molecule has 0 spiro atoms. The summed E-state index contributed by atoms with van der Waals surface area (Å²) in [7, 11) is -2.08. The summed E-state index contributed by atoms with van der Waals surface area (Å²) in [5.41, 5.74) is 0.890. The van der Waals surface area contributed by atoms with Gasteiger partial charge in [0.2, 0.25) is 21.8 Å². The number of ether oxygens (including phenoxy) is 1. The van der Waals surface area contributed by atoms with Gasteiger partial charge in [0.05, 0.1) is 12.0 Å². The molecular formula is C27H31N3O5S. The van der Waals surface area contributed by atoms with Gasteiger partial charge in [0, 0.05) is 37.9 Å². The van der Waals surface area contributed by atoms with Gasteiger partial charge in [0.1, 0.15) is 11.8 Å². The number of benzene rings is 3. The Bertz CT molecular complexity index is 1330. The number of hydrogen-bond acceptors (Lipinski definition) is 5. The maximum Gasteiger partial charge on any atom is 0.243 e. The summed E-state index contributed by atoms with van der Waals surface area (Å²) in [6.07, 6.45) is 1.32. The number of carbonyl (C=O) groups is 2. The van der Waals surface area contributed by atoms with Gasteiger partial charge < -0.3 is 15.4 Å². The van der Waals surface area contributed by atoms with Crippen LogP contribution in [0.25, 0.3) is 10.8 Å². The van der Waals surface area contributed by atoms with Gasteiger partial charge in [-0.25, -0.2) is 8.42 Å². The number of carbonyl (C=O) groups excluding carboxylic acids is 2. The van der Waals surface area contributed by atoms with E-state index in [0.717, 1.165) is 10.9 Å². The highest BCUT2D eigenvalue weighted by Crippen LogP contribution is 2.27. The number of amides is 2. The molecule has 1 fully saturated rings. The predicted octanol–water partition coefficient (Wildman–Crippen LogP) is 2.87. The van der Waals surface area contributed by atoms with Crippen LogP contribution in [0.5, 0.6) is 5.75 Å². The Morgan fingerprint density at radius 2 is 1.67 bits per heavy atom. The lowest BCUT2D eigenvalue weighted by Gasteiger charge is -2.32. The Kier molecular flexibility index (Phi) is 7.91. The maximum atomic E-state index is 13.4. The van der Waals surface area contributed by atoms with E-state index < -0.39 is 16.1 Å². The van der Waals surface area contributed by atoms with Crippen molar-refractivity contribution in [2.45, 2.75) is 43.2 Å². The first-order chi connectivity index (χ1) is 17.3. The molecule has 0 saturated carbocycles. The van der Waals surface area contributed by atoms with Crippen molar-refractivity contribution >= 4 is 32.6 Å². The van der Waals surface area contributed by atoms with Crippen LogP contribution >= 0.6 is 0 Å². The van der Waals surface area contributed by atoms with Crippen LogP contribution in [-0.4, -0.2) is 56.8 Å². The third kappa shape index (κ3) is 5.85. The van der Waals surface area contributed by atoms with Gasteiger partial charge in [-0.3, -0.25) is 9.59 Å². The lowest BCUT2D eigenvalue weighted by molar-refractivity contribution is -0.128. The third-order valence-electron chi connectivity index (χ3n) is 6.46. The number of fused-ring (bicyclic) bond motifs is 1. The number of nitrogens with one attached hydrogen (secondary N) is 2.